The first-order valence-electron chi connectivity index (χ1n) is 8.37. The largest absolute Gasteiger partial charge is 0.310 e. The van der Waals surface area contributed by atoms with Crippen LogP contribution in [0.25, 0.3) is 0 Å². The van der Waals surface area contributed by atoms with E-state index in [1.165, 1.54) is 16.7 Å². The molecule has 21 heavy (non-hydrogen) atoms. The van der Waals surface area contributed by atoms with Crippen molar-refractivity contribution in [3.8, 4) is 0 Å². The Morgan fingerprint density at radius 1 is 1.24 bits per heavy atom. The molecule has 0 aromatic carbocycles. The molecule has 4 atom stereocenters. The molecular weight excluding hydrogens is 262 g/mol. The first-order chi connectivity index (χ1) is 10.1. The van der Waals surface area contributed by atoms with Crippen molar-refractivity contribution >= 4 is 11.6 Å². The van der Waals surface area contributed by atoms with Gasteiger partial charge in [-0.2, -0.15) is 0 Å². The number of hydrogen-bond donors (Lipinski definition) is 1. The van der Waals surface area contributed by atoms with E-state index >= 15 is 0 Å². The van der Waals surface area contributed by atoms with Gasteiger partial charge in [-0.3, -0.25) is 9.59 Å². The standard InChI is InChI=1S/C18H23NO2/c1-3-10-13-8-19-14-6-4-11(9(2)20)17(18(13)14)12-5-7-15(21)16(10)12/h10-11,13-14,19H,3-8H2,1-2H3. The third-order valence-electron chi connectivity index (χ3n) is 6.10. The zero-order valence-corrected chi connectivity index (χ0v) is 12.9. The molecule has 3 heteroatoms. The molecule has 0 radical (unpaired) electrons. The van der Waals surface area contributed by atoms with Crippen molar-refractivity contribution in [3.63, 3.8) is 0 Å². The van der Waals surface area contributed by atoms with Crippen molar-refractivity contribution in [1.29, 1.82) is 0 Å². The Hall–Kier alpha value is -1.22. The van der Waals surface area contributed by atoms with Gasteiger partial charge in [0.05, 0.1) is 0 Å². The highest BCUT2D eigenvalue weighted by Gasteiger charge is 2.49. The zero-order chi connectivity index (χ0) is 14.7. The summed E-state index contributed by atoms with van der Waals surface area (Å²) >= 11 is 0. The van der Waals surface area contributed by atoms with E-state index in [2.05, 4.69) is 12.2 Å². The number of carbonyl (C=O) groups is 2. The predicted octanol–water partition coefficient (Wildman–Crippen LogP) is 2.57. The maximum absolute atomic E-state index is 12.4. The lowest BCUT2D eigenvalue weighted by molar-refractivity contribution is -0.120. The molecular formula is C18H23NO2. The molecule has 4 aliphatic rings. The van der Waals surface area contributed by atoms with Gasteiger partial charge in [-0.05, 0) is 55.2 Å². The Labute approximate surface area is 125 Å². The summed E-state index contributed by atoms with van der Waals surface area (Å²) in [5, 5.41) is 3.65. The van der Waals surface area contributed by atoms with Gasteiger partial charge in [0.15, 0.2) is 5.78 Å². The summed E-state index contributed by atoms with van der Waals surface area (Å²) in [5.41, 5.74) is 5.16. The number of rotatable bonds is 2. The molecule has 1 aliphatic heterocycles. The van der Waals surface area contributed by atoms with Crippen molar-refractivity contribution in [2.45, 2.75) is 52.0 Å². The van der Waals surface area contributed by atoms with Gasteiger partial charge >= 0.3 is 0 Å². The van der Waals surface area contributed by atoms with Gasteiger partial charge < -0.3 is 5.32 Å². The van der Waals surface area contributed by atoms with Crippen molar-refractivity contribution < 1.29 is 9.59 Å². The molecule has 112 valence electrons. The van der Waals surface area contributed by atoms with Crippen molar-refractivity contribution in [3.05, 3.63) is 22.3 Å². The lowest BCUT2D eigenvalue weighted by atomic mass is 9.64. The molecule has 1 heterocycles. The smallest absolute Gasteiger partial charge is 0.159 e. The number of nitrogens with one attached hydrogen (secondary N) is 1. The summed E-state index contributed by atoms with van der Waals surface area (Å²) in [5.74, 6) is 1.52. The van der Waals surface area contributed by atoms with E-state index in [0.717, 1.165) is 37.8 Å². The first kappa shape index (κ1) is 13.4. The van der Waals surface area contributed by atoms with Crippen LogP contribution in [0.15, 0.2) is 22.3 Å². The Bertz CT molecular complexity index is 598. The minimum absolute atomic E-state index is 0.0485. The van der Waals surface area contributed by atoms with E-state index < -0.39 is 0 Å². The summed E-state index contributed by atoms with van der Waals surface area (Å²) in [6.07, 6.45) is 4.58. The highest BCUT2D eigenvalue weighted by Crippen LogP contribution is 2.53. The highest BCUT2D eigenvalue weighted by molar-refractivity contribution is 6.01. The fourth-order valence-electron chi connectivity index (χ4n) is 5.30. The van der Waals surface area contributed by atoms with Crippen molar-refractivity contribution in [1.82, 2.24) is 5.32 Å². The van der Waals surface area contributed by atoms with Gasteiger partial charge in [-0.1, -0.05) is 6.92 Å². The second-order valence-electron chi connectivity index (χ2n) is 7.01. The average Bonchev–Trinajstić information content (AvgIpc) is 3.06. The zero-order valence-electron chi connectivity index (χ0n) is 12.9. The van der Waals surface area contributed by atoms with Gasteiger partial charge in [0.1, 0.15) is 5.78 Å². The summed E-state index contributed by atoms with van der Waals surface area (Å²) in [4.78, 5) is 24.6. The van der Waals surface area contributed by atoms with Crippen molar-refractivity contribution in [2.24, 2.45) is 17.8 Å². The predicted molar refractivity (Wildman–Crippen MR) is 80.8 cm³/mol. The van der Waals surface area contributed by atoms with E-state index in [9.17, 15) is 9.59 Å². The van der Waals surface area contributed by atoms with Crippen LogP contribution >= 0.6 is 0 Å². The van der Waals surface area contributed by atoms with Crippen molar-refractivity contribution in [2.75, 3.05) is 6.54 Å². The van der Waals surface area contributed by atoms with E-state index in [0.29, 0.717) is 30.1 Å². The summed E-state index contributed by atoms with van der Waals surface area (Å²) in [7, 11) is 0. The monoisotopic (exact) mass is 285 g/mol. The Morgan fingerprint density at radius 3 is 2.76 bits per heavy atom. The van der Waals surface area contributed by atoms with Gasteiger partial charge in [0, 0.05) is 36.4 Å². The quantitative estimate of drug-likeness (QED) is 0.848. The molecule has 4 rings (SSSR count). The van der Waals surface area contributed by atoms with E-state index in [-0.39, 0.29) is 11.7 Å². The fourth-order valence-corrected chi connectivity index (χ4v) is 5.30. The van der Waals surface area contributed by atoms with Crippen LogP contribution in [0.4, 0.5) is 0 Å². The summed E-state index contributed by atoms with van der Waals surface area (Å²) < 4.78 is 0. The Kier molecular flexibility index (Phi) is 2.97. The number of Topliss-reactive ketones (excluding diaryl/α,β-unsaturated/α-hetero) is 2. The number of fused-ring (bicyclic) bond motifs is 1. The number of allylic oxidation sites excluding steroid dienone is 3. The minimum Gasteiger partial charge on any atom is -0.310 e. The molecule has 0 amide bonds. The number of carbonyl (C=O) groups excluding carboxylic acids is 2. The van der Waals surface area contributed by atoms with E-state index in [1.807, 2.05) is 0 Å². The first-order valence-corrected chi connectivity index (χ1v) is 8.37. The van der Waals surface area contributed by atoms with Crippen LogP contribution in [0, 0.1) is 17.8 Å². The van der Waals surface area contributed by atoms with Gasteiger partial charge in [-0.15, -0.1) is 0 Å². The van der Waals surface area contributed by atoms with E-state index in [4.69, 9.17) is 0 Å². The Balaban J connectivity index is 1.93. The van der Waals surface area contributed by atoms with Crippen LogP contribution in [0.5, 0.6) is 0 Å². The SMILES string of the molecule is CCC1C2=C(CCC2=O)C2=C3C(CCC2C(C)=O)NCC31. The summed E-state index contributed by atoms with van der Waals surface area (Å²) in [6, 6.07) is 0.458. The van der Waals surface area contributed by atoms with Crippen LogP contribution in [0.3, 0.4) is 0 Å². The normalized spacial score (nSPS) is 37.9. The van der Waals surface area contributed by atoms with Crippen LogP contribution in [-0.4, -0.2) is 24.2 Å². The minimum atomic E-state index is 0.0485. The molecule has 1 fully saturated rings. The topological polar surface area (TPSA) is 46.2 Å². The molecule has 1 saturated heterocycles. The number of hydrogen-bond acceptors (Lipinski definition) is 3. The Morgan fingerprint density at radius 2 is 2.05 bits per heavy atom. The second-order valence-corrected chi connectivity index (χ2v) is 7.01. The third-order valence-corrected chi connectivity index (χ3v) is 6.10. The number of ketones is 2. The lowest BCUT2D eigenvalue weighted by Gasteiger charge is -2.39. The molecule has 4 unspecified atom stereocenters. The molecule has 3 aliphatic carbocycles. The third kappa shape index (κ3) is 1.70. The van der Waals surface area contributed by atoms with Crippen LogP contribution in [0.2, 0.25) is 0 Å². The van der Waals surface area contributed by atoms with Gasteiger partial charge in [0.2, 0.25) is 0 Å². The van der Waals surface area contributed by atoms with Gasteiger partial charge in [0.25, 0.3) is 0 Å². The molecule has 0 saturated carbocycles. The molecule has 1 N–H and O–H groups in total. The highest BCUT2D eigenvalue weighted by atomic mass is 16.1. The van der Waals surface area contributed by atoms with Gasteiger partial charge in [-0.25, -0.2) is 0 Å². The molecule has 3 nitrogen and oxygen atoms in total. The molecule has 0 aromatic heterocycles. The lowest BCUT2D eigenvalue weighted by Crippen LogP contribution is -2.35. The maximum Gasteiger partial charge on any atom is 0.159 e. The maximum atomic E-state index is 12.4. The van der Waals surface area contributed by atoms with Crippen LogP contribution in [-0.2, 0) is 9.59 Å². The van der Waals surface area contributed by atoms with Crippen LogP contribution in [0.1, 0.15) is 46.0 Å². The molecule has 0 aromatic rings. The average molecular weight is 285 g/mol. The second kappa shape index (κ2) is 4.64. The summed E-state index contributed by atoms with van der Waals surface area (Å²) in [6.45, 7) is 4.90. The van der Waals surface area contributed by atoms with E-state index in [1.54, 1.807) is 6.92 Å². The van der Waals surface area contributed by atoms with Crippen LogP contribution < -0.4 is 5.32 Å². The fraction of sp³-hybridized carbons (Fsp3) is 0.667. The molecule has 0 bridgehead atoms. The molecule has 0 spiro atoms.